The van der Waals surface area contributed by atoms with Crippen molar-refractivity contribution >= 4 is 21.6 Å². The summed E-state index contributed by atoms with van der Waals surface area (Å²) < 4.78 is 34.2. The molecule has 0 aliphatic rings. The maximum Gasteiger partial charge on any atom is 0.271 e. The molecule has 0 unspecified atom stereocenters. The van der Waals surface area contributed by atoms with Gasteiger partial charge in [0.25, 0.3) is 5.56 Å². The van der Waals surface area contributed by atoms with Gasteiger partial charge in [-0.25, -0.2) is 13.8 Å². The second kappa shape index (κ2) is 6.92. The highest BCUT2D eigenvalue weighted by Gasteiger charge is 2.13. The van der Waals surface area contributed by atoms with E-state index in [0.717, 1.165) is 22.3 Å². The molecule has 0 aliphatic heterocycles. The third-order valence-electron chi connectivity index (χ3n) is 4.25. The van der Waals surface area contributed by atoms with Crippen LogP contribution in [0.2, 0.25) is 0 Å². The van der Waals surface area contributed by atoms with E-state index in [4.69, 9.17) is 4.74 Å². The first kappa shape index (κ1) is 17.4. The highest BCUT2D eigenvalue weighted by Crippen LogP contribution is 2.31. The highest BCUT2D eigenvalue weighted by atomic mass is 32.1. The summed E-state index contributed by atoms with van der Waals surface area (Å²) in [6.07, 6.45) is 1.36. The Bertz CT molecular complexity index is 1180. The lowest BCUT2D eigenvalue weighted by atomic mass is 10.2. The van der Waals surface area contributed by atoms with Gasteiger partial charge in [0.15, 0.2) is 11.6 Å². The van der Waals surface area contributed by atoms with Gasteiger partial charge >= 0.3 is 0 Å². The van der Waals surface area contributed by atoms with Crippen LogP contribution in [0.4, 0.5) is 8.78 Å². The molecule has 2 aromatic carbocycles. The van der Waals surface area contributed by atoms with Gasteiger partial charge in [-0.1, -0.05) is 12.1 Å². The zero-order valence-electron chi connectivity index (χ0n) is 14.3. The average Bonchev–Trinajstić information content (AvgIpc) is 3.13. The van der Waals surface area contributed by atoms with Gasteiger partial charge in [0.05, 0.1) is 25.5 Å². The first-order chi connectivity index (χ1) is 13.1. The van der Waals surface area contributed by atoms with Crippen molar-refractivity contribution in [2.75, 3.05) is 7.11 Å². The Balaban J connectivity index is 1.73. The number of halogens is 2. The van der Waals surface area contributed by atoms with Crippen molar-refractivity contribution in [1.82, 2.24) is 9.55 Å². The summed E-state index contributed by atoms with van der Waals surface area (Å²) in [4.78, 5) is 18.0. The lowest BCUT2D eigenvalue weighted by molar-refractivity contribution is 0.415. The quantitative estimate of drug-likeness (QED) is 0.522. The number of thiophene rings is 1. The molecule has 0 atom stereocenters. The van der Waals surface area contributed by atoms with Crippen LogP contribution >= 0.6 is 11.3 Å². The van der Waals surface area contributed by atoms with Gasteiger partial charge in [-0.15, -0.1) is 11.3 Å². The fraction of sp³-hybridized carbons (Fsp3) is 0.100. The van der Waals surface area contributed by atoms with Gasteiger partial charge < -0.3 is 4.74 Å². The van der Waals surface area contributed by atoms with E-state index in [0.29, 0.717) is 10.2 Å². The van der Waals surface area contributed by atoms with E-state index in [-0.39, 0.29) is 17.7 Å². The molecule has 0 fully saturated rings. The standard InChI is InChI=1S/C20H14F2N2O2S/c1-26-14-7-5-12(6-8-14)17-9-16-19(27-17)20(25)24(11-23-16)10-13-3-2-4-15(21)18(13)22/h2-9,11H,10H2,1H3. The van der Waals surface area contributed by atoms with Crippen LogP contribution in [-0.4, -0.2) is 16.7 Å². The molecule has 0 N–H and O–H groups in total. The topological polar surface area (TPSA) is 44.1 Å². The zero-order valence-corrected chi connectivity index (χ0v) is 15.1. The summed E-state index contributed by atoms with van der Waals surface area (Å²) in [5, 5.41) is 0. The van der Waals surface area contributed by atoms with Crippen molar-refractivity contribution in [1.29, 1.82) is 0 Å². The molecule has 2 aromatic heterocycles. The Labute approximate surface area is 157 Å². The van der Waals surface area contributed by atoms with Gasteiger partial charge in [-0.2, -0.15) is 0 Å². The van der Waals surface area contributed by atoms with Crippen LogP contribution in [0.25, 0.3) is 20.7 Å². The number of benzene rings is 2. The van der Waals surface area contributed by atoms with E-state index >= 15 is 0 Å². The second-order valence-corrected chi connectivity index (χ2v) is 7.00. The molecule has 0 saturated heterocycles. The number of ether oxygens (including phenoxy) is 1. The maximum atomic E-state index is 13.9. The van der Waals surface area contributed by atoms with Crippen LogP contribution in [0.5, 0.6) is 5.75 Å². The first-order valence-electron chi connectivity index (χ1n) is 8.13. The first-order valence-corrected chi connectivity index (χ1v) is 8.95. The second-order valence-electron chi connectivity index (χ2n) is 5.94. The van der Waals surface area contributed by atoms with Gasteiger partial charge in [-0.05, 0) is 42.0 Å². The molecule has 0 aliphatic carbocycles. The van der Waals surface area contributed by atoms with Crippen molar-refractivity contribution in [2.24, 2.45) is 0 Å². The van der Waals surface area contributed by atoms with E-state index in [1.165, 1.54) is 34.4 Å². The predicted octanol–water partition coefficient (Wildman–Crippen LogP) is 4.46. The van der Waals surface area contributed by atoms with Crippen LogP contribution in [0, 0.1) is 11.6 Å². The van der Waals surface area contributed by atoms with Crippen LogP contribution in [0.1, 0.15) is 5.56 Å². The van der Waals surface area contributed by atoms with Gasteiger partial charge in [0, 0.05) is 10.4 Å². The summed E-state index contributed by atoms with van der Waals surface area (Å²) in [6, 6.07) is 13.3. The van der Waals surface area contributed by atoms with E-state index < -0.39 is 11.6 Å². The number of hydrogen-bond donors (Lipinski definition) is 0. The summed E-state index contributed by atoms with van der Waals surface area (Å²) in [5.41, 5.74) is 1.34. The smallest absolute Gasteiger partial charge is 0.271 e. The molecule has 4 rings (SSSR count). The Morgan fingerprint density at radius 3 is 2.67 bits per heavy atom. The lowest BCUT2D eigenvalue weighted by Crippen LogP contribution is -2.20. The van der Waals surface area contributed by atoms with Gasteiger partial charge in [-0.3, -0.25) is 9.36 Å². The van der Waals surface area contributed by atoms with E-state index in [9.17, 15) is 13.6 Å². The van der Waals surface area contributed by atoms with Gasteiger partial charge in [0.1, 0.15) is 10.4 Å². The van der Waals surface area contributed by atoms with Crippen molar-refractivity contribution in [3.63, 3.8) is 0 Å². The number of aromatic nitrogens is 2. The predicted molar refractivity (Wildman–Crippen MR) is 101 cm³/mol. The lowest BCUT2D eigenvalue weighted by Gasteiger charge is -2.06. The Hall–Kier alpha value is -3.06. The van der Waals surface area contributed by atoms with Crippen molar-refractivity contribution in [2.45, 2.75) is 6.54 Å². The number of methoxy groups -OCH3 is 1. The average molecular weight is 384 g/mol. The molecule has 0 radical (unpaired) electrons. The number of rotatable bonds is 4. The molecule has 136 valence electrons. The maximum absolute atomic E-state index is 13.9. The van der Waals surface area contributed by atoms with Gasteiger partial charge in [0.2, 0.25) is 0 Å². The Kier molecular flexibility index (Phi) is 4.45. The SMILES string of the molecule is COc1ccc(-c2cc3ncn(Cc4cccc(F)c4F)c(=O)c3s2)cc1. The van der Waals surface area contributed by atoms with Crippen LogP contribution in [0.3, 0.4) is 0 Å². The normalized spacial score (nSPS) is 11.1. The van der Waals surface area contributed by atoms with Crippen LogP contribution < -0.4 is 10.3 Å². The minimum atomic E-state index is -0.949. The third-order valence-corrected chi connectivity index (χ3v) is 5.41. The fourth-order valence-electron chi connectivity index (χ4n) is 2.81. The largest absolute Gasteiger partial charge is 0.497 e. The van der Waals surface area contributed by atoms with Crippen LogP contribution in [-0.2, 0) is 6.54 Å². The van der Waals surface area contributed by atoms with E-state index in [1.54, 1.807) is 7.11 Å². The molecule has 0 bridgehead atoms. The summed E-state index contributed by atoms with van der Waals surface area (Å²) in [5.74, 6) is -1.14. The molecule has 7 heteroatoms. The molecule has 0 saturated carbocycles. The molecule has 27 heavy (non-hydrogen) atoms. The molecule has 2 heterocycles. The summed E-state index contributed by atoms with van der Waals surface area (Å²) >= 11 is 1.32. The molecule has 4 nitrogen and oxygen atoms in total. The number of nitrogens with zero attached hydrogens (tertiary/aromatic N) is 2. The Morgan fingerprint density at radius 1 is 1.15 bits per heavy atom. The highest BCUT2D eigenvalue weighted by molar-refractivity contribution is 7.22. The number of hydrogen-bond acceptors (Lipinski definition) is 4. The van der Waals surface area contributed by atoms with E-state index in [1.807, 2.05) is 30.3 Å². The molecule has 0 amide bonds. The molecule has 4 aromatic rings. The zero-order chi connectivity index (χ0) is 19.0. The third kappa shape index (κ3) is 3.21. The summed E-state index contributed by atoms with van der Waals surface area (Å²) in [6.45, 7) is -0.0822. The van der Waals surface area contributed by atoms with Crippen LogP contribution in [0.15, 0.2) is 59.7 Å². The minimum Gasteiger partial charge on any atom is -0.497 e. The molecule has 0 spiro atoms. The van der Waals surface area contributed by atoms with Crippen molar-refractivity contribution < 1.29 is 13.5 Å². The molecular weight excluding hydrogens is 370 g/mol. The Morgan fingerprint density at radius 2 is 1.93 bits per heavy atom. The molecular formula is C20H14F2N2O2S. The fourth-order valence-corrected chi connectivity index (χ4v) is 3.87. The van der Waals surface area contributed by atoms with Crippen molar-refractivity contribution in [3.8, 4) is 16.2 Å². The van der Waals surface area contributed by atoms with Crippen molar-refractivity contribution in [3.05, 3.63) is 82.4 Å². The van der Waals surface area contributed by atoms with E-state index in [2.05, 4.69) is 4.98 Å². The monoisotopic (exact) mass is 384 g/mol. The number of fused-ring (bicyclic) bond motifs is 1. The minimum absolute atomic E-state index is 0.0822. The summed E-state index contributed by atoms with van der Waals surface area (Å²) in [7, 11) is 1.60.